The van der Waals surface area contributed by atoms with Crippen molar-refractivity contribution in [3.63, 3.8) is 0 Å². The number of pyridine rings is 1. The maximum Gasteiger partial charge on any atom is 0.416 e. The number of hydrogen-bond donors (Lipinski definition) is 4. The molecule has 0 saturated carbocycles. The minimum Gasteiger partial charge on any atom is -0.394 e. The maximum absolute atomic E-state index is 14.0. The van der Waals surface area contributed by atoms with Crippen molar-refractivity contribution in [1.29, 1.82) is 0 Å². The molecular formula is C34H33F3N8O2. The van der Waals surface area contributed by atoms with Crippen molar-refractivity contribution in [2.45, 2.75) is 26.2 Å². The van der Waals surface area contributed by atoms with Crippen molar-refractivity contribution in [3.05, 3.63) is 107 Å². The summed E-state index contributed by atoms with van der Waals surface area (Å²) in [5, 5.41) is 22.5. The molecule has 0 atom stereocenters. The molecule has 2 aromatic carbocycles. The molecule has 0 bridgehead atoms. The highest BCUT2D eigenvalue weighted by Crippen LogP contribution is 2.35. The van der Waals surface area contributed by atoms with E-state index in [9.17, 15) is 18.0 Å². The Hall–Kier alpha value is -5.16. The van der Waals surface area contributed by atoms with E-state index in [1.165, 1.54) is 12.1 Å². The third-order valence-electron chi connectivity index (χ3n) is 7.88. The Morgan fingerprint density at radius 1 is 1.06 bits per heavy atom. The van der Waals surface area contributed by atoms with Gasteiger partial charge in [0.2, 0.25) is 0 Å². The van der Waals surface area contributed by atoms with Gasteiger partial charge in [-0.1, -0.05) is 18.1 Å². The first-order valence-corrected chi connectivity index (χ1v) is 15.1. The number of imidazole rings is 1. The quantitative estimate of drug-likeness (QED) is 0.183. The second-order valence-electron chi connectivity index (χ2n) is 11.2. The molecule has 47 heavy (non-hydrogen) atoms. The lowest BCUT2D eigenvalue weighted by Crippen LogP contribution is -2.43. The molecule has 1 amide bonds. The fraction of sp³-hybridized carbons (Fsp3) is 0.265. The number of fused-ring (bicyclic) bond motifs is 1. The standard InChI is InChI=1S/C34H33F3N8O2/c1-23-4-5-25(33(47)42-27-8-6-26(30(18-27)34(35,36)37)21-43-13-10-38-11-14-43)17-24(23)7-9-29-20-39-32-31(3-2-12-45(29)32)41-28-19-40-44(22-28)15-16-46/h2-6,8,12,17-20,22,38,41,46H,10-11,13-16,21H2,1H3,(H,42,47). The van der Waals surface area contributed by atoms with Gasteiger partial charge in [-0.15, -0.1) is 0 Å². The van der Waals surface area contributed by atoms with Gasteiger partial charge in [-0.25, -0.2) is 4.98 Å². The third-order valence-corrected chi connectivity index (χ3v) is 7.88. The van der Waals surface area contributed by atoms with Crippen LogP contribution in [0.5, 0.6) is 0 Å². The monoisotopic (exact) mass is 642 g/mol. The van der Waals surface area contributed by atoms with E-state index in [1.807, 2.05) is 34.6 Å². The fourth-order valence-electron chi connectivity index (χ4n) is 5.41. The van der Waals surface area contributed by atoms with E-state index in [2.05, 4.69) is 37.9 Å². The van der Waals surface area contributed by atoms with Gasteiger partial charge >= 0.3 is 6.18 Å². The highest BCUT2D eigenvalue weighted by atomic mass is 19.4. The Balaban J connectivity index is 1.20. The number of hydrogen-bond acceptors (Lipinski definition) is 7. The molecule has 4 N–H and O–H groups in total. The molecule has 13 heteroatoms. The van der Waals surface area contributed by atoms with Crippen LogP contribution in [-0.4, -0.2) is 67.9 Å². The van der Waals surface area contributed by atoms with Crippen LogP contribution in [0.1, 0.15) is 38.3 Å². The summed E-state index contributed by atoms with van der Waals surface area (Å²) < 4.78 is 45.5. The molecule has 1 saturated heterocycles. The topological polar surface area (TPSA) is 112 Å². The van der Waals surface area contributed by atoms with Crippen LogP contribution < -0.4 is 16.0 Å². The second kappa shape index (κ2) is 13.7. The number of anilines is 3. The van der Waals surface area contributed by atoms with E-state index in [-0.39, 0.29) is 30.0 Å². The Labute approximate surface area is 269 Å². The Bertz CT molecular complexity index is 1970. The van der Waals surface area contributed by atoms with Crippen LogP contribution in [0.25, 0.3) is 5.65 Å². The summed E-state index contributed by atoms with van der Waals surface area (Å²) in [6.07, 6.45) is 2.38. The van der Waals surface area contributed by atoms with Crippen LogP contribution in [0, 0.1) is 18.8 Å². The average Bonchev–Trinajstić information content (AvgIpc) is 3.68. The number of nitrogens with one attached hydrogen (secondary N) is 3. The summed E-state index contributed by atoms with van der Waals surface area (Å²) in [6.45, 7) is 5.24. The molecule has 0 aliphatic carbocycles. The number of benzene rings is 2. The number of piperazine rings is 1. The van der Waals surface area contributed by atoms with E-state index in [0.29, 0.717) is 36.5 Å². The first-order valence-electron chi connectivity index (χ1n) is 15.1. The molecule has 3 aromatic heterocycles. The van der Waals surface area contributed by atoms with Crippen LogP contribution >= 0.6 is 0 Å². The summed E-state index contributed by atoms with van der Waals surface area (Å²) in [4.78, 5) is 19.7. The normalized spacial score (nSPS) is 13.7. The molecule has 1 fully saturated rings. The molecule has 1 aliphatic rings. The van der Waals surface area contributed by atoms with E-state index in [0.717, 1.165) is 36.1 Å². The Morgan fingerprint density at radius 2 is 1.89 bits per heavy atom. The summed E-state index contributed by atoms with van der Waals surface area (Å²) in [5.41, 5.74) is 3.94. The summed E-state index contributed by atoms with van der Waals surface area (Å²) in [7, 11) is 0. The number of carbonyl (C=O) groups is 1. The number of aryl methyl sites for hydroxylation is 1. The molecular weight excluding hydrogens is 609 g/mol. The van der Waals surface area contributed by atoms with Crippen LogP contribution in [0.3, 0.4) is 0 Å². The zero-order valence-corrected chi connectivity index (χ0v) is 25.6. The zero-order valence-electron chi connectivity index (χ0n) is 25.6. The molecule has 10 nitrogen and oxygen atoms in total. The Kier molecular flexibility index (Phi) is 9.26. The van der Waals surface area contributed by atoms with Crippen molar-refractivity contribution in [1.82, 2.24) is 29.4 Å². The van der Waals surface area contributed by atoms with Gasteiger partial charge in [0.15, 0.2) is 5.65 Å². The Morgan fingerprint density at radius 3 is 2.68 bits per heavy atom. The fourth-order valence-corrected chi connectivity index (χ4v) is 5.41. The molecule has 242 valence electrons. The zero-order chi connectivity index (χ0) is 33.0. The molecule has 0 unspecified atom stereocenters. The average molecular weight is 643 g/mol. The summed E-state index contributed by atoms with van der Waals surface area (Å²) in [5.74, 6) is 5.71. The van der Waals surface area contributed by atoms with Gasteiger partial charge < -0.3 is 21.1 Å². The maximum atomic E-state index is 14.0. The minimum absolute atomic E-state index is 0.0137. The number of nitrogens with zero attached hydrogens (tertiary/aromatic N) is 5. The van der Waals surface area contributed by atoms with Gasteiger partial charge in [0.05, 0.1) is 42.5 Å². The largest absolute Gasteiger partial charge is 0.416 e. The van der Waals surface area contributed by atoms with Crippen molar-refractivity contribution in [2.75, 3.05) is 43.4 Å². The molecule has 4 heterocycles. The summed E-state index contributed by atoms with van der Waals surface area (Å²) in [6, 6.07) is 12.7. The smallest absolute Gasteiger partial charge is 0.394 e. The van der Waals surface area contributed by atoms with Crippen LogP contribution in [0.2, 0.25) is 0 Å². The number of carbonyl (C=O) groups excluding carboxylic acids is 1. The molecule has 1 aliphatic heterocycles. The van der Waals surface area contributed by atoms with Gasteiger partial charge in [-0.3, -0.25) is 18.8 Å². The van der Waals surface area contributed by atoms with E-state index >= 15 is 0 Å². The van der Waals surface area contributed by atoms with Gasteiger partial charge in [0.25, 0.3) is 5.91 Å². The number of alkyl halides is 3. The van der Waals surface area contributed by atoms with Gasteiger partial charge in [-0.05, 0) is 60.4 Å². The lowest BCUT2D eigenvalue weighted by Gasteiger charge is -2.28. The highest BCUT2D eigenvalue weighted by Gasteiger charge is 2.34. The molecule has 5 aromatic rings. The van der Waals surface area contributed by atoms with Gasteiger partial charge in [0.1, 0.15) is 5.69 Å². The lowest BCUT2D eigenvalue weighted by atomic mass is 10.0. The highest BCUT2D eigenvalue weighted by molar-refractivity contribution is 6.04. The van der Waals surface area contributed by atoms with E-state index < -0.39 is 17.6 Å². The van der Waals surface area contributed by atoms with Crippen molar-refractivity contribution in [3.8, 4) is 11.8 Å². The van der Waals surface area contributed by atoms with Crippen molar-refractivity contribution < 1.29 is 23.1 Å². The van der Waals surface area contributed by atoms with Crippen molar-refractivity contribution in [2.24, 2.45) is 0 Å². The SMILES string of the molecule is Cc1ccc(C(=O)Nc2ccc(CN3CCNCC3)c(C(F)(F)F)c2)cc1C#Cc1cnc2c(Nc3cnn(CCO)c3)cccn12. The molecule has 0 radical (unpaired) electrons. The number of amides is 1. The van der Waals surface area contributed by atoms with Gasteiger partial charge in [0, 0.05) is 61.9 Å². The minimum atomic E-state index is -4.56. The lowest BCUT2D eigenvalue weighted by molar-refractivity contribution is -0.138. The van der Waals surface area contributed by atoms with E-state index in [4.69, 9.17) is 5.11 Å². The van der Waals surface area contributed by atoms with Crippen LogP contribution in [0.15, 0.2) is 73.3 Å². The molecule has 6 rings (SSSR count). The van der Waals surface area contributed by atoms with Crippen LogP contribution in [0.4, 0.5) is 30.2 Å². The van der Waals surface area contributed by atoms with Crippen LogP contribution in [-0.2, 0) is 19.3 Å². The van der Waals surface area contributed by atoms with Gasteiger partial charge in [-0.2, -0.15) is 18.3 Å². The number of rotatable bonds is 8. The number of aliphatic hydroxyl groups excluding tert-OH is 1. The predicted molar refractivity (Wildman–Crippen MR) is 172 cm³/mol. The second-order valence-corrected chi connectivity index (χ2v) is 11.2. The third kappa shape index (κ3) is 7.47. The van der Waals surface area contributed by atoms with Crippen molar-refractivity contribution >= 4 is 28.6 Å². The first-order chi connectivity index (χ1) is 22.7. The van der Waals surface area contributed by atoms with E-state index in [1.54, 1.807) is 41.5 Å². The molecule has 0 spiro atoms. The number of halogens is 3. The summed E-state index contributed by atoms with van der Waals surface area (Å²) >= 11 is 0. The number of aliphatic hydroxyl groups is 1. The predicted octanol–water partition coefficient (Wildman–Crippen LogP) is 4.65. The first kappa shape index (κ1) is 31.8. The number of aromatic nitrogens is 4.